The predicted molar refractivity (Wildman–Crippen MR) is 115 cm³/mol. The standard InChI is InChI=1S/C18H24N4O6S2/c1-4-5-8-20-16-7-6-15(29(19,25)26)11-17(16)21-30(27,28)18-10-14(22(23)24)9-12(2)13(18)3/h6-7,9-11,20-21H,4-5,8H2,1-3H3,(H2,19,25,26). The maximum Gasteiger partial charge on any atom is 0.271 e. The number of nitro benzene ring substituents is 1. The first-order valence-electron chi connectivity index (χ1n) is 9.06. The average molecular weight is 457 g/mol. The van der Waals surface area contributed by atoms with Crippen molar-refractivity contribution in [1.29, 1.82) is 0 Å². The summed E-state index contributed by atoms with van der Waals surface area (Å²) >= 11 is 0. The molecule has 2 aromatic rings. The lowest BCUT2D eigenvalue weighted by Gasteiger charge is -2.17. The van der Waals surface area contributed by atoms with E-state index in [0.29, 0.717) is 23.4 Å². The lowest BCUT2D eigenvalue weighted by atomic mass is 10.1. The van der Waals surface area contributed by atoms with Gasteiger partial charge in [0.25, 0.3) is 15.7 Å². The van der Waals surface area contributed by atoms with Gasteiger partial charge in [-0.25, -0.2) is 22.0 Å². The number of hydrogen-bond acceptors (Lipinski definition) is 7. The number of hydrogen-bond donors (Lipinski definition) is 3. The van der Waals surface area contributed by atoms with Crippen molar-refractivity contribution >= 4 is 37.1 Å². The van der Waals surface area contributed by atoms with E-state index in [-0.39, 0.29) is 21.2 Å². The monoisotopic (exact) mass is 456 g/mol. The second-order valence-electron chi connectivity index (χ2n) is 6.78. The van der Waals surface area contributed by atoms with Crippen LogP contribution in [0, 0.1) is 24.0 Å². The number of non-ortho nitro benzene ring substituents is 1. The van der Waals surface area contributed by atoms with Crippen molar-refractivity contribution in [3.05, 3.63) is 51.6 Å². The number of nitrogens with one attached hydrogen (secondary N) is 2. The molecule has 4 N–H and O–H groups in total. The van der Waals surface area contributed by atoms with Crippen LogP contribution in [0.15, 0.2) is 40.1 Å². The Labute approximate surface area is 175 Å². The molecule has 0 fully saturated rings. The van der Waals surface area contributed by atoms with Gasteiger partial charge in [-0.05, 0) is 49.6 Å². The van der Waals surface area contributed by atoms with Gasteiger partial charge < -0.3 is 5.32 Å². The summed E-state index contributed by atoms with van der Waals surface area (Å²) < 4.78 is 51.9. The number of nitrogens with two attached hydrogens (primary N) is 1. The van der Waals surface area contributed by atoms with Gasteiger partial charge in [0.2, 0.25) is 10.0 Å². The maximum absolute atomic E-state index is 13.1. The third-order valence-corrected chi connectivity index (χ3v) is 6.92. The number of nitrogens with zero attached hydrogens (tertiary/aromatic N) is 1. The van der Waals surface area contributed by atoms with Crippen LogP contribution in [0.4, 0.5) is 17.1 Å². The fourth-order valence-electron chi connectivity index (χ4n) is 2.73. The molecule has 0 aliphatic heterocycles. The summed E-state index contributed by atoms with van der Waals surface area (Å²) in [4.78, 5) is 9.94. The van der Waals surface area contributed by atoms with E-state index in [1.54, 1.807) is 6.92 Å². The van der Waals surface area contributed by atoms with Gasteiger partial charge in [-0.1, -0.05) is 13.3 Å². The number of aryl methyl sites for hydroxylation is 1. The van der Waals surface area contributed by atoms with E-state index in [9.17, 15) is 26.9 Å². The first kappa shape index (κ1) is 23.6. The topological polar surface area (TPSA) is 162 Å². The van der Waals surface area contributed by atoms with E-state index in [1.165, 1.54) is 25.1 Å². The van der Waals surface area contributed by atoms with Crippen LogP contribution in [-0.4, -0.2) is 28.3 Å². The molecule has 0 radical (unpaired) electrons. The molecule has 0 unspecified atom stereocenters. The van der Waals surface area contributed by atoms with E-state index in [4.69, 9.17) is 5.14 Å². The minimum atomic E-state index is -4.27. The van der Waals surface area contributed by atoms with Crippen molar-refractivity contribution in [2.45, 2.75) is 43.4 Å². The number of nitro groups is 1. The van der Waals surface area contributed by atoms with Crippen molar-refractivity contribution in [2.75, 3.05) is 16.6 Å². The smallest absolute Gasteiger partial charge is 0.271 e. The number of primary sulfonamides is 1. The van der Waals surface area contributed by atoms with Gasteiger partial charge in [0, 0.05) is 18.7 Å². The molecule has 2 aromatic carbocycles. The van der Waals surface area contributed by atoms with Gasteiger partial charge in [0.05, 0.1) is 26.1 Å². The largest absolute Gasteiger partial charge is 0.383 e. The van der Waals surface area contributed by atoms with Gasteiger partial charge in [-0.15, -0.1) is 0 Å². The van der Waals surface area contributed by atoms with E-state index >= 15 is 0 Å². The number of anilines is 2. The third kappa shape index (κ3) is 5.46. The van der Waals surface area contributed by atoms with Crippen molar-refractivity contribution in [2.24, 2.45) is 5.14 Å². The molecule has 0 heterocycles. The zero-order valence-corrected chi connectivity index (χ0v) is 18.4. The second-order valence-corrected chi connectivity index (χ2v) is 9.99. The summed E-state index contributed by atoms with van der Waals surface area (Å²) in [5.41, 5.74) is 0.749. The molecule has 0 amide bonds. The second kappa shape index (κ2) is 8.98. The lowest BCUT2D eigenvalue weighted by molar-refractivity contribution is -0.385. The van der Waals surface area contributed by atoms with Crippen LogP contribution in [0.1, 0.15) is 30.9 Å². The highest BCUT2D eigenvalue weighted by atomic mass is 32.2. The molecule has 0 saturated heterocycles. The summed E-state index contributed by atoms with van der Waals surface area (Å²) in [6.07, 6.45) is 1.71. The van der Waals surface area contributed by atoms with Crippen LogP contribution in [0.25, 0.3) is 0 Å². The minimum absolute atomic E-state index is 0.0267. The molecule has 30 heavy (non-hydrogen) atoms. The van der Waals surface area contributed by atoms with Crippen LogP contribution in [0.5, 0.6) is 0 Å². The Balaban J connectivity index is 2.57. The van der Waals surface area contributed by atoms with E-state index in [0.717, 1.165) is 25.0 Å². The van der Waals surface area contributed by atoms with Gasteiger partial charge in [0.15, 0.2) is 0 Å². The van der Waals surface area contributed by atoms with Crippen molar-refractivity contribution in [1.82, 2.24) is 0 Å². The molecule has 0 bridgehead atoms. The number of rotatable bonds is 9. The predicted octanol–water partition coefficient (Wildman–Crippen LogP) is 2.87. The molecule has 0 aliphatic carbocycles. The quantitative estimate of drug-likeness (QED) is 0.297. The molecule has 10 nitrogen and oxygen atoms in total. The maximum atomic E-state index is 13.1. The fourth-order valence-corrected chi connectivity index (χ4v) is 4.68. The molecule has 164 valence electrons. The van der Waals surface area contributed by atoms with Crippen molar-refractivity contribution < 1.29 is 21.8 Å². The zero-order valence-electron chi connectivity index (χ0n) is 16.8. The molecular weight excluding hydrogens is 432 g/mol. The highest BCUT2D eigenvalue weighted by Crippen LogP contribution is 2.31. The molecule has 0 atom stereocenters. The van der Waals surface area contributed by atoms with Crippen molar-refractivity contribution in [3.8, 4) is 0 Å². The zero-order chi connectivity index (χ0) is 22.7. The highest BCUT2D eigenvalue weighted by molar-refractivity contribution is 7.92. The molecule has 2 rings (SSSR count). The SMILES string of the molecule is CCCCNc1ccc(S(N)(=O)=O)cc1NS(=O)(=O)c1cc([N+](=O)[O-])cc(C)c1C. The van der Waals surface area contributed by atoms with Crippen LogP contribution in [0.3, 0.4) is 0 Å². The molecule has 0 aliphatic rings. The molecular formula is C18H24N4O6S2. The van der Waals surface area contributed by atoms with Crippen LogP contribution in [-0.2, 0) is 20.0 Å². The Bertz CT molecular complexity index is 1180. The summed E-state index contributed by atoms with van der Waals surface area (Å²) in [5.74, 6) is 0. The summed E-state index contributed by atoms with van der Waals surface area (Å²) in [6.45, 7) is 5.63. The van der Waals surface area contributed by atoms with E-state index in [1.807, 2.05) is 6.92 Å². The summed E-state index contributed by atoms with van der Waals surface area (Å²) in [5, 5.41) is 19.4. The van der Waals surface area contributed by atoms with Crippen LogP contribution in [0.2, 0.25) is 0 Å². The first-order valence-corrected chi connectivity index (χ1v) is 12.1. The Morgan fingerprint density at radius 2 is 1.73 bits per heavy atom. The summed E-state index contributed by atoms with van der Waals surface area (Å²) in [6, 6.07) is 6.05. The molecule has 0 saturated carbocycles. The Hall–Kier alpha value is -2.70. The van der Waals surface area contributed by atoms with Crippen LogP contribution >= 0.6 is 0 Å². The molecule has 12 heteroatoms. The number of unbranched alkanes of at least 4 members (excludes halogenated alkanes) is 1. The highest BCUT2D eigenvalue weighted by Gasteiger charge is 2.24. The normalized spacial score (nSPS) is 11.9. The summed E-state index contributed by atoms with van der Waals surface area (Å²) in [7, 11) is -8.34. The fraction of sp³-hybridized carbons (Fsp3) is 0.333. The van der Waals surface area contributed by atoms with Gasteiger partial charge in [-0.3, -0.25) is 14.8 Å². The molecule has 0 aromatic heterocycles. The van der Waals surface area contributed by atoms with Crippen molar-refractivity contribution in [3.63, 3.8) is 0 Å². The van der Waals surface area contributed by atoms with Gasteiger partial charge in [-0.2, -0.15) is 0 Å². The van der Waals surface area contributed by atoms with Gasteiger partial charge >= 0.3 is 0 Å². The lowest BCUT2D eigenvalue weighted by Crippen LogP contribution is -2.18. The van der Waals surface area contributed by atoms with Crippen LogP contribution < -0.4 is 15.2 Å². The number of sulfonamides is 2. The van der Waals surface area contributed by atoms with Gasteiger partial charge in [0.1, 0.15) is 0 Å². The third-order valence-electron chi connectivity index (χ3n) is 4.51. The Kier molecular flexibility index (Phi) is 7.06. The Morgan fingerprint density at radius 3 is 2.30 bits per heavy atom. The molecule has 0 spiro atoms. The Morgan fingerprint density at radius 1 is 1.07 bits per heavy atom. The number of benzene rings is 2. The minimum Gasteiger partial charge on any atom is -0.383 e. The first-order chi connectivity index (χ1) is 13.9. The van der Waals surface area contributed by atoms with E-state index < -0.39 is 25.0 Å². The van der Waals surface area contributed by atoms with E-state index in [2.05, 4.69) is 10.0 Å². The average Bonchev–Trinajstić information content (AvgIpc) is 2.63.